The maximum atomic E-state index is 11.5. The Morgan fingerprint density at radius 1 is 1.21 bits per heavy atom. The molecular weight excluding hydrogens is 176 g/mol. The largest absolute Gasteiger partial charge is 0.710 e. The summed E-state index contributed by atoms with van der Waals surface area (Å²) in [5.74, 6) is 0. The Kier molecular flexibility index (Phi) is 2.14. The summed E-state index contributed by atoms with van der Waals surface area (Å²) in [6.07, 6.45) is 2.96. The molecule has 0 aliphatic rings. The summed E-state index contributed by atoms with van der Waals surface area (Å²) >= 11 is 0. The van der Waals surface area contributed by atoms with E-state index in [0.29, 0.717) is 5.69 Å². The molecule has 3 nitrogen and oxygen atoms in total. The normalized spacial score (nSPS) is 10.1. The van der Waals surface area contributed by atoms with Crippen molar-refractivity contribution >= 4 is 0 Å². The number of hydrogen-bond acceptors (Lipinski definition) is 2. The molecule has 14 heavy (non-hydrogen) atoms. The zero-order chi connectivity index (χ0) is 9.97. The average molecular weight is 186 g/mol. The lowest BCUT2D eigenvalue weighted by Crippen LogP contribution is -2.30. The van der Waals surface area contributed by atoms with Gasteiger partial charge >= 0.3 is 0 Å². The van der Waals surface area contributed by atoms with Gasteiger partial charge < -0.3 is 5.21 Å². The summed E-state index contributed by atoms with van der Waals surface area (Å²) < 4.78 is 0.796. The maximum Gasteiger partial charge on any atom is 0.289 e. The van der Waals surface area contributed by atoms with Gasteiger partial charge in [0.15, 0.2) is 0 Å². The molecule has 1 aromatic heterocycles. The van der Waals surface area contributed by atoms with E-state index < -0.39 is 0 Å². The Morgan fingerprint density at radius 3 is 2.57 bits per heavy atom. The number of aromatic nitrogens is 2. The van der Waals surface area contributed by atoms with Gasteiger partial charge in [-0.2, -0.15) is 0 Å². The minimum absolute atomic E-state index is 0.667. The van der Waals surface area contributed by atoms with E-state index in [1.54, 1.807) is 6.20 Å². The second kappa shape index (κ2) is 3.46. The highest BCUT2D eigenvalue weighted by molar-refractivity contribution is 5.58. The van der Waals surface area contributed by atoms with E-state index in [-0.39, 0.29) is 0 Å². The van der Waals surface area contributed by atoms with Gasteiger partial charge in [0.25, 0.3) is 6.33 Å². The van der Waals surface area contributed by atoms with E-state index in [4.69, 9.17) is 0 Å². The van der Waals surface area contributed by atoms with Crippen molar-refractivity contribution in [2.75, 3.05) is 0 Å². The van der Waals surface area contributed by atoms with E-state index in [2.05, 4.69) is 4.98 Å². The molecule has 2 rings (SSSR count). The van der Waals surface area contributed by atoms with Crippen LogP contribution >= 0.6 is 0 Å². The van der Waals surface area contributed by atoms with Crippen LogP contribution < -0.4 is 4.73 Å². The molecule has 0 unspecified atom stereocenters. The fourth-order valence-electron chi connectivity index (χ4n) is 1.45. The molecule has 0 spiro atoms. The number of rotatable bonds is 1. The molecule has 0 N–H and O–H groups in total. The fraction of sp³-hybridized carbons (Fsp3) is 0.0909. The minimum atomic E-state index is 0.667. The average Bonchev–Trinajstić information content (AvgIpc) is 2.19. The van der Waals surface area contributed by atoms with Crippen LogP contribution in [0.4, 0.5) is 0 Å². The zero-order valence-electron chi connectivity index (χ0n) is 7.84. The second-order valence-electron chi connectivity index (χ2n) is 3.12. The Labute approximate surface area is 82.3 Å². The predicted molar refractivity (Wildman–Crippen MR) is 53.4 cm³/mol. The standard InChI is InChI=1S/C11H10N2O/c1-9-7-12-8-13(14)11(9)10-5-3-2-4-6-10/h2-8H,1H3. The van der Waals surface area contributed by atoms with Gasteiger partial charge in [-0.15, -0.1) is 0 Å². The smallest absolute Gasteiger partial charge is 0.289 e. The lowest BCUT2D eigenvalue weighted by molar-refractivity contribution is -0.597. The van der Waals surface area contributed by atoms with Gasteiger partial charge in [0.1, 0.15) is 11.9 Å². The topological polar surface area (TPSA) is 39.8 Å². The van der Waals surface area contributed by atoms with E-state index in [9.17, 15) is 5.21 Å². The van der Waals surface area contributed by atoms with Gasteiger partial charge in [0.2, 0.25) is 0 Å². The lowest BCUT2D eigenvalue weighted by atomic mass is 10.1. The molecule has 0 saturated carbocycles. The van der Waals surface area contributed by atoms with Gasteiger partial charge in [-0.1, -0.05) is 35.3 Å². The molecule has 3 heteroatoms. The van der Waals surface area contributed by atoms with Crippen LogP contribution in [0.25, 0.3) is 11.3 Å². The molecule has 0 radical (unpaired) electrons. The third-order valence-corrected chi connectivity index (χ3v) is 2.08. The molecule has 1 heterocycles. The number of aryl methyl sites for hydroxylation is 1. The van der Waals surface area contributed by atoms with Crippen molar-refractivity contribution in [3.05, 3.63) is 53.6 Å². The molecule has 0 saturated heterocycles. The summed E-state index contributed by atoms with van der Waals surface area (Å²) in [5, 5.41) is 11.5. The summed E-state index contributed by atoms with van der Waals surface area (Å²) in [5.41, 5.74) is 2.47. The third-order valence-electron chi connectivity index (χ3n) is 2.08. The van der Waals surface area contributed by atoms with Gasteiger partial charge in [0.05, 0.1) is 0 Å². The van der Waals surface area contributed by atoms with Crippen LogP contribution in [-0.2, 0) is 0 Å². The molecule has 0 aliphatic heterocycles. The van der Waals surface area contributed by atoms with Crippen LogP contribution in [0, 0.1) is 12.1 Å². The van der Waals surface area contributed by atoms with Crippen molar-refractivity contribution in [1.29, 1.82) is 0 Å². The van der Waals surface area contributed by atoms with Gasteiger partial charge in [-0.05, 0) is 6.92 Å². The fourth-order valence-corrected chi connectivity index (χ4v) is 1.45. The minimum Gasteiger partial charge on any atom is -0.710 e. The molecule has 0 bridgehead atoms. The van der Waals surface area contributed by atoms with Gasteiger partial charge in [-0.25, -0.2) is 4.73 Å². The maximum absolute atomic E-state index is 11.5. The van der Waals surface area contributed by atoms with Gasteiger partial charge in [0, 0.05) is 11.1 Å². The van der Waals surface area contributed by atoms with E-state index in [1.807, 2.05) is 37.3 Å². The Hall–Kier alpha value is -1.90. The zero-order valence-corrected chi connectivity index (χ0v) is 7.84. The summed E-state index contributed by atoms with van der Waals surface area (Å²) in [7, 11) is 0. The molecule has 0 atom stereocenters. The van der Waals surface area contributed by atoms with Crippen molar-refractivity contribution in [3.8, 4) is 11.3 Å². The quantitative estimate of drug-likeness (QED) is 0.502. The van der Waals surface area contributed by atoms with Crippen molar-refractivity contribution in [1.82, 2.24) is 4.98 Å². The van der Waals surface area contributed by atoms with Crippen LogP contribution in [0.5, 0.6) is 0 Å². The highest BCUT2D eigenvalue weighted by Gasteiger charge is 2.08. The SMILES string of the molecule is Cc1cnc[n+]([O-])c1-c1ccccc1. The summed E-state index contributed by atoms with van der Waals surface area (Å²) in [6, 6.07) is 9.58. The Bertz CT molecular complexity index is 420. The van der Waals surface area contributed by atoms with Crippen molar-refractivity contribution in [2.45, 2.75) is 6.92 Å². The molecule has 0 fully saturated rings. The van der Waals surface area contributed by atoms with Crippen LogP contribution in [0.15, 0.2) is 42.9 Å². The first-order valence-electron chi connectivity index (χ1n) is 4.38. The van der Waals surface area contributed by atoms with E-state index >= 15 is 0 Å². The monoisotopic (exact) mass is 186 g/mol. The lowest BCUT2D eigenvalue weighted by Gasteiger charge is -2.09. The molecular formula is C11H10N2O. The van der Waals surface area contributed by atoms with Crippen molar-refractivity contribution in [2.24, 2.45) is 0 Å². The van der Waals surface area contributed by atoms with Gasteiger partial charge in [-0.3, -0.25) is 0 Å². The molecule has 0 aliphatic carbocycles. The van der Waals surface area contributed by atoms with Crippen LogP contribution in [0.1, 0.15) is 5.56 Å². The highest BCUT2D eigenvalue weighted by Crippen LogP contribution is 2.17. The summed E-state index contributed by atoms with van der Waals surface area (Å²) in [4.78, 5) is 3.82. The van der Waals surface area contributed by atoms with E-state index in [0.717, 1.165) is 15.9 Å². The third kappa shape index (κ3) is 1.44. The first-order chi connectivity index (χ1) is 6.79. The number of benzene rings is 1. The number of nitrogens with zero attached hydrogens (tertiary/aromatic N) is 2. The first-order valence-corrected chi connectivity index (χ1v) is 4.38. The molecule has 0 amide bonds. The molecule has 2 aromatic rings. The van der Waals surface area contributed by atoms with Crippen LogP contribution in [0.2, 0.25) is 0 Å². The molecule has 70 valence electrons. The number of hydrogen-bond donors (Lipinski definition) is 0. The van der Waals surface area contributed by atoms with E-state index in [1.165, 1.54) is 6.33 Å². The van der Waals surface area contributed by atoms with Crippen LogP contribution in [-0.4, -0.2) is 4.98 Å². The highest BCUT2D eigenvalue weighted by atomic mass is 16.5. The van der Waals surface area contributed by atoms with Crippen molar-refractivity contribution < 1.29 is 4.73 Å². The summed E-state index contributed by atoms with van der Waals surface area (Å²) in [6.45, 7) is 1.88. The van der Waals surface area contributed by atoms with Crippen LogP contribution in [0.3, 0.4) is 0 Å². The molecule has 1 aromatic carbocycles. The Morgan fingerprint density at radius 2 is 1.93 bits per heavy atom. The first kappa shape index (κ1) is 8.69. The van der Waals surface area contributed by atoms with Crippen molar-refractivity contribution in [3.63, 3.8) is 0 Å². The predicted octanol–water partition coefficient (Wildman–Crippen LogP) is 1.69. The second-order valence-corrected chi connectivity index (χ2v) is 3.12. The Balaban J connectivity index is 2.63.